The van der Waals surface area contributed by atoms with Gasteiger partial charge in [-0.2, -0.15) is 0 Å². The molecule has 2 aromatic rings. The summed E-state index contributed by atoms with van der Waals surface area (Å²) >= 11 is 1.41. The lowest BCUT2D eigenvalue weighted by Gasteiger charge is -2.21. The van der Waals surface area contributed by atoms with Gasteiger partial charge in [0.25, 0.3) is 0 Å². The highest BCUT2D eigenvalue weighted by atomic mass is 32.2. The number of carbonyl (C=O) groups is 1. The lowest BCUT2D eigenvalue weighted by Crippen LogP contribution is -3.05. The molecule has 0 spiro atoms. The summed E-state index contributed by atoms with van der Waals surface area (Å²) in [6, 6.07) is 6.40. The molecule has 1 fully saturated rings. The second kappa shape index (κ2) is 8.39. The molecular formula is C19H27FN5OS+. The lowest BCUT2D eigenvalue weighted by atomic mass is 10.2. The molecule has 8 heteroatoms. The van der Waals surface area contributed by atoms with E-state index in [1.54, 1.807) is 12.1 Å². The Morgan fingerprint density at radius 2 is 1.78 bits per heavy atom. The fraction of sp³-hybridized carbons (Fsp3) is 0.526. The van der Waals surface area contributed by atoms with Crippen molar-refractivity contribution in [1.82, 2.24) is 19.7 Å². The van der Waals surface area contributed by atoms with E-state index in [2.05, 4.69) is 31.2 Å². The Labute approximate surface area is 163 Å². The first-order valence-electron chi connectivity index (χ1n) is 9.35. The number of hydrogen-bond acceptors (Lipinski definition) is 4. The summed E-state index contributed by atoms with van der Waals surface area (Å²) in [5, 5.41) is 9.17. The number of thioether (sulfide) groups is 1. The van der Waals surface area contributed by atoms with Crippen molar-refractivity contribution in [2.75, 3.05) is 27.2 Å². The van der Waals surface area contributed by atoms with Crippen LogP contribution in [0.3, 0.4) is 0 Å². The van der Waals surface area contributed by atoms with Crippen molar-refractivity contribution >= 4 is 17.7 Å². The molecule has 0 aliphatic carbocycles. The molecule has 2 atom stereocenters. The van der Waals surface area contributed by atoms with Gasteiger partial charge in [0.05, 0.1) is 19.3 Å². The summed E-state index contributed by atoms with van der Waals surface area (Å²) in [5.74, 6) is 0.648. The molecule has 1 aliphatic heterocycles. The standard InChI is InChI=1S/C19H26FN5OS/c1-13(23(3)4)17-21-22-19(25(17)16-9-7-15(20)8-10-16)27-14(2)18(26)24-11-5-6-12-24/h7-10,13-14H,5-6,11-12H2,1-4H3/p+1/t13-,14+/m1/s1. The summed E-state index contributed by atoms with van der Waals surface area (Å²) in [6.07, 6.45) is 2.14. The number of nitrogens with one attached hydrogen (secondary N) is 1. The summed E-state index contributed by atoms with van der Waals surface area (Å²) in [5.41, 5.74) is 0.799. The Bertz CT molecular complexity index is 786. The molecule has 146 valence electrons. The molecule has 1 aliphatic rings. The van der Waals surface area contributed by atoms with Gasteiger partial charge in [-0.3, -0.25) is 9.36 Å². The first-order chi connectivity index (χ1) is 12.9. The van der Waals surface area contributed by atoms with Gasteiger partial charge in [0.1, 0.15) is 11.9 Å². The van der Waals surface area contributed by atoms with E-state index < -0.39 is 0 Å². The molecule has 0 radical (unpaired) electrons. The van der Waals surface area contributed by atoms with E-state index >= 15 is 0 Å². The van der Waals surface area contributed by atoms with Gasteiger partial charge >= 0.3 is 0 Å². The summed E-state index contributed by atoms with van der Waals surface area (Å²) < 4.78 is 15.3. The van der Waals surface area contributed by atoms with Gasteiger partial charge in [0.2, 0.25) is 5.91 Å². The normalized spacial score (nSPS) is 16.7. The predicted molar refractivity (Wildman–Crippen MR) is 104 cm³/mol. The lowest BCUT2D eigenvalue weighted by molar-refractivity contribution is -0.890. The van der Waals surface area contributed by atoms with Gasteiger partial charge in [0, 0.05) is 18.8 Å². The van der Waals surface area contributed by atoms with Crippen LogP contribution in [0.2, 0.25) is 0 Å². The number of halogens is 1. The highest BCUT2D eigenvalue weighted by Crippen LogP contribution is 2.29. The second-order valence-corrected chi connectivity index (χ2v) is 8.55. The van der Waals surface area contributed by atoms with Crippen LogP contribution in [-0.2, 0) is 4.79 Å². The molecular weight excluding hydrogens is 365 g/mol. The third-order valence-corrected chi connectivity index (χ3v) is 6.07. The van der Waals surface area contributed by atoms with E-state index in [1.807, 2.05) is 16.4 Å². The monoisotopic (exact) mass is 392 g/mol. The molecule has 1 amide bonds. The molecule has 1 aromatic heterocycles. The van der Waals surface area contributed by atoms with Crippen LogP contribution in [0.25, 0.3) is 5.69 Å². The zero-order valence-corrected chi connectivity index (χ0v) is 17.1. The van der Waals surface area contributed by atoms with Crippen LogP contribution in [0.4, 0.5) is 4.39 Å². The van der Waals surface area contributed by atoms with E-state index in [9.17, 15) is 9.18 Å². The average molecular weight is 393 g/mol. The maximum absolute atomic E-state index is 13.4. The minimum atomic E-state index is -0.286. The number of carbonyl (C=O) groups excluding carboxylic acids is 1. The van der Waals surface area contributed by atoms with E-state index in [4.69, 9.17) is 0 Å². The van der Waals surface area contributed by atoms with Gasteiger partial charge in [0.15, 0.2) is 11.0 Å². The largest absolute Gasteiger partial charge is 0.342 e. The van der Waals surface area contributed by atoms with Crippen LogP contribution >= 0.6 is 11.8 Å². The van der Waals surface area contributed by atoms with Crippen molar-refractivity contribution in [3.05, 3.63) is 35.9 Å². The number of likely N-dealkylation sites (tertiary alicyclic amines) is 1. The molecule has 2 heterocycles. The van der Waals surface area contributed by atoms with E-state index in [-0.39, 0.29) is 23.0 Å². The summed E-state index contributed by atoms with van der Waals surface area (Å²) in [6.45, 7) is 5.66. The maximum atomic E-state index is 13.4. The topological polar surface area (TPSA) is 55.5 Å². The highest BCUT2D eigenvalue weighted by Gasteiger charge is 2.28. The smallest absolute Gasteiger partial charge is 0.235 e. The molecule has 0 unspecified atom stereocenters. The summed E-state index contributed by atoms with van der Waals surface area (Å²) in [7, 11) is 4.11. The third kappa shape index (κ3) is 4.32. The van der Waals surface area contributed by atoms with E-state index in [0.29, 0.717) is 5.16 Å². The maximum Gasteiger partial charge on any atom is 0.235 e. The van der Waals surface area contributed by atoms with Gasteiger partial charge in [-0.05, 0) is 51.0 Å². The molecule has 6 nitrogen and oxygen atoms in total. The van der Waals surface area contributed by atoms with Crippen LogP contribution in [-0.4, -0.2) is 58.0 Å². The number of benzene rings is 1. The fourth-order valence-electron chi connectivity index (χ4n) is 3.13. The van der Waals surface area contributed by atoms with Gasteiger partial charge in [-0.25, -0.2) is 4.39 Å². The highest BCUT2D eigenvalue weighted by molar-refractivity contribution is 8.00. The molecule has 3 rings (SSSR count). The van der Waals surface area contributed by atoms with Crippen LogP contribution in [0.15, 0.2) is 29.4 Å². The Hall–Kier alpha value is -1.93. The molecule has 27 heavy (non-hydrogen) atoms. The van der Waals surface area contributed by atoms with Crippen molar-refractivity contribution in [1.29, 1.82) is 0 Å². The fourth-order valence-corrected chi connectivity index (χ4v) is 4.09. The zero-order valence-electron chi connectivity index (χ0n) is 16.3. The van der Waals surface area contributed by atoms with Crippen LogP contribution in [0.1, 0.15) is 38.6 Å². The van der Waals surface area contributed by atoms with Gasteiger partial charge in [-0.1, -0.05) is 11.8 Å². The van der Waals surface area contributed by atoms with Gasteiger partial charge in [-0.15, -0.1) is 10.2 Å². The van der Waals surface area contributed by atoms with Crippen LogP contribution in [0.5, 0.6) is 0 Å². The molecule has 1 N–H and O–H groups in total. The first kappa shape index (κ1) is 19.8. The first-order valence-corrected chi connectivity index (χ1v) is 10.2. The third-order valence-electron chi connectivity index (χ3n) is 5.04. The molecule has 1 saturated heterocycles. The minimum Gasteiger partial charge on any atom is -0.342 e. The second-order valence-electron chi connectivity index (χ2n) is 7.24. The number of hydrogen-bond donors (Lipinski definition) is 1. The molecule has 0 bridgehead atoms. The number of quaternary nitrogens is 1. The Kier molecular flexibility index (Phi) is 6.16. The van der Waals surface area contributed by atoms with Crippen molar-refractivity contribution in [2.45, 2.75) is 43.1 Å². The van der Waals surface area contributed by atoms with Crippen LogP contribution < -0.4 is 4.90 Å². The van der Waals surface area contributed by atoms with E-state index in [1.165, 1.54) is 28.8 Å². The van der Waals surface area contributed by atoms with Crippen molar-refractivity contribution in [3.8, 4) is 5.69 Å². The van der Waals surface area contributed by atoms with Gasteiger partial charge < -0.3 is 9.80 Å². The number of rotatable bonds is 6. The average Bonchev–Trinajstić information content (AvgIpc) is 3.31. The quantitative estimate of drug-likeness (QED) is 0.761. The Morgan fingerprint density at radius 3 is 2.37 bits per heavy atom. The van der Waals surface area contributed by atoms with E-state index in [0.717, 1.165) is 37.4 Å². The van der Waals surface area contributed by atoms with Crippen molar-refractivity contribution in [2.24, 2.45) is 0 Å². The Morgan fingerprint density at radius 1 is 1.15 bits per heavy atom. The molecule has 0 saturated carbocycles. The number of aromatic nitrogens is 3. The summed E-state index contributed by atoms with van der Waals surface area (Å²) in [4.78, 5) is 15.8. The molecule has 1 aromatic carbocycles. The minimum absolute atomic E-state index is 0.0986. The predicted octanol–water partition coefficient (Wildman–Crippen LogP) is 1.71. The SMILES string of the molecule is C[C@H](Sc1nnc([C@@H](C)[NH+](C)C)n1-c1ccc(F)cc1)C(=O)N1CCCC1. The van der Waals surface area contributed by atoms with Crippen molar-refractivity contribution in [3.63, 3.8) is 0 Å². The number of amides is 1. The Balaban J connectivity index is 1.92. The van der Waals surface area contributed by atoms with Crippen molar-refractivity contribution < 1.29 is 14.1 Å². The van der Waals surface area contributed by atoms with Crippen LogP contribution in [0, 0.1) is 5.82 Å². The zero-order chi connectivity index (χ0) is 19.6. The number of nitrogens with zero attached hydrogens (tertiary/aromatic N) is 4.